The smallest absolute Gasteiger partial charge is 0.335 e. The van der Waals surface area contributed by atoms with E-state index in [2.05, 4.69) is 27.8 Å². The van der Waals surface area contributed by atoms with Crippen LogP contribution in [0.4, 0.5) is 5.69 Å². The second-order valence-corrected chi connectivity index (χ2v) is 4.11. The van der Waals surface area contributed by atoms with Gasteiger partial charge in [0.2, 0.25) is 0 Å². The molecular weight excluding hydrogens is 286 g/mol. The zero-order valence-corrected chi connectivity index (χ0v) is 10.5. The van der Waals surface area contributed by atoms with Gasteiger partial charge in [0.15, 0.2) is 10.8 Å². The highest BCUT2D eigenvalue weighted by molar-refractivity contribution is 7.80. The molecule has 1 aliphatic heterocycles. The number of hydrogen-bond acceptors (Lipinski definition) is 6. The van der Waals surface area contributed by atoms with Crippen LogP contribution >= 0.6 is 12.2 Å². The number of thiocarbonyl (C=S) groups is 1. The SMILES string of the molecule is O=C1NC(=S)NC(=O)C1=Nc1cc(C(=O)O)ccc1O. The van der Waals surface area contributed by atoms with Gasteiger partial charge in [0.05, 0.1) is 5.56 Å². The second-order valence-electron chi connectivity index (χ2n) is 3.71. The van der Waals surface area contributed by atoms with Gasteiger partial charge in [-0.3, -0.25) is 20.2 Å². The van der Waals surface area contributed by atoms with Crippen molar-refractivity contribution in [3.8, 4) is 5.75 Å². The number of nitrogens with one attached hydrogen (secondary N) is 2. The van der Waals surface area contributed by atoms with Gasteiger partial charge in [-0.2, -0.15) is 0 Å². The predicted molar refractivity (Wildman–Crippen MR) is 71.0 cm³/mol. The summed E-state index contributed by atoms with van der Waals surface area (Å²) in [5.74, 6) is -3.26. The molecule has 1 aromatic carbocycles. The van der Waals surface area contributed by atoms with Gasteiger partial charge in [-0.25, -0.2) is 9.79 Å². The fourth-order valence-corrected chi connectivity index (χ4v) is 1.61. The van der Waals surface area contributed by atoms with Crippen LogP contribution in [0.25, 0.3) is 0 Å². The maximum atomic E-state index is 11.6. The van der Waals surface area contributed by atoms with E-state index in [1.165, 1.54) is 0 Å². The van der Waals surface area contributed by atoms with Crippen LogP contribution in [-0.4, -0.2) is 38.8 Å². The molecular formula is C11H7N3O5S. The number of hydrogen-bond donors (Lipinski definition) is 4. The number of aliphatic imine (C=N–C) groups is 1. The number of carboxylic acids is 1. The Morgan fingerprint density at radius 2 is 1.80 bits per heavy atom. The first-order valence-corrected chi connectivity index (χ1v) is 5.61. The Morgan fingerprint density at radius 3 is 2.35 bits per heavy atom. The molecule has 9 heteroatoms. The standard InChI is InChI=1S/C11H7N3O5S/c15-6-2-1-4(10(18)19)3-5(6)12-7-8(16)13-11(20)14-9(7)17/h1-3,15H,(H,18,19)(H2,13,14,16,17,20). The summed E-state index contributed by atoms with van der Waals surface area (Å²) < 4.78 is 0. The first-order valence-electron chi connectivity index (χ1n) is 5.20. The molecule has 102 valence electrons. The third kappa shape index (κ3) is 2.62. The van der Waals surface area contributed by atoms with Crippen LogP contribution in [0.3, 0.4) is 0 Å². The molecule has 2 rings (SSSR count). The number of carbonyl (C=O) groups is 3. The summed E-state index contributed by atoms with van der Waals surface area (Å²) in [7, 11) is 0. The first kappa shape index (κ1) is 13.6. The summed E-state index contributed by atoms with van der Waals surface area (Å²) in [6.45, 7) is 0. The Hall–Kier alpha value is -2.81. The first-order chi connectivity index (χ1) is 9.38. The monoisotopic (exact) mass is 293 g/mol. The minimum atomic E-state index is -1.23. The molecule has 1 heterocycles. The third-order valence-corrected chi connectivity index (χ3v) is 2.54. The van der Waals surface area contributed by atoms with Crippen LogP contribution in [0.1, 0.15) is 10.4 Å². The number of amides is 2. The lowest BCUT2D eigenvalue weighted by Crippen LogP contribution is -2.56. The number of carbonyl (C=O) groups excluding carboxylic acids is 2. The third-order valence-electron chi connectivity index (χ3n) is 2.34. The number of nitrogens with zero attached hydrogens (tertiary/aromatic N) is 1. The van der Waals surface area contributed by atoms with E-state index in [1.807, 2.05) is 0 Å². The highest BCUT2D eigenvalue weighted by Gasteiger charge is 2.28. The maximum absolute atomic E-state index is 11.6. The zero-order valence-electron chi connectivity index (χ0n) is 9.71. The number of benzene rings is 1. The highest BCUT2D eigenvalue weighted by Crippen LogP contribution is 2.27. The van der Waals surface area contributed by atoms with Gasteiger partial charge in [0, 0.05) is 0 Å². The normalized spacial score (nSPS) is 14.6. The van der Waals surface area contributed by atoms with E-state index in [0.29, 0.717) is 0 Å². The van der Waals surface area contributed by atoms with Crippen molar-refractivity contribution in [1.29, 1.82) is 0 Å². The van der Waals surface area contributed by atoms with E-state index in [0.717, 1.165) is 18.2 Å². The van der Waals surface area contributed by atoms with E-state index in [9.17, 15) is 19.5 Å². The van der Waals surface area contributed by atoms with Crippen molar-refractivity contribution in [2.24, 2.45) is 4.99 Å². The summed E-state index contributed by atoms with van der Waals surface area (Å²) in [4.78, 5) is 37.6. The van der Waals surface area contributed by atoms with Gasteiger partial charge in [-0.15, -0.1) is 0 Å². The van der Waals surface area contributed by atoms with Crippen molar-refractivity contribution < 1.29 is 24.6 Å². The second kappa shape index (κ2) is 5.05. The van der Waals surface area contributed by atoms with Crippen molar-refractivity contribution in [3.63, 3.8) is 0 Å². The summed E-state index contributed by atoms with van der Waals surface area (Å²) in [6, 6.07) is 3.31. The van der Waals surface area contributed by atoms with Crippen molar-refractivity contribution >= 4 is 46.5 Å². The molecule has 0 spiro atoms. The number of phenolic OH excluding ortho intramolecular Hbond substituents is 1. The van der Waals surface area contributed by atoms with Gasteiger partial charge in [0.1, 0.15) is 11.4 Å². The maximum Gasteiger partial charge on any atom is 0.335 e. The Labute approximate surface area is 117 Å². The largest absolute Gasteiger partial charge is 0.506 e. The fourth-order valence-electron chi connectivity index (χ4n) is 1.43. The zero-order chi connectivity index (χ0) is 14.9. The molecule has 1 aromatic rings. The fraction of sp³-hybridized carbons (Fsp3) is 0. The number of rotatable bonds is 2. The summed E-state index contributed by atoms with van der Waals surface area (Å²) in [6.07, 6.45) is 0. The van der Waals surface area contributed by atoms with E-state index < -0.39 is 23.5 Å². The van der Waals surface area contributed by atoms with E-state index >= 15 is 0 Å². The Kier molecular flexibility index (Phi) is 3.44. The van der Waals surface area contributed by atoms with Crippen molar-refractivity contribution in [3.05, 3.63) is 23.8 Å². The van der Waals surface area contributed by atoms with Crippen LogP contribution in [0.2, 0.25) is 0 Å². The summed E-state index contributed by atoms with van der Waals surface area (Å²) in [5, 5.41) is 22.6. The average Bonchev–Trinajstić information content (AvgIpc) is 2.35. The summed E-state index contributed by atoms with van der Waals surface area (Å²) in [5.41, 5.74) is -0.885. The lowest BCUT2D eigenvalue weighted by molar-refractivity contribution is -0.118. The van der Waals surface area contributed by atoms with Gasteiger partial charge >= 0.3 is 5.97 Å². The van der Waals surface area contributed by atoms with Crippen molar-refractivity contribution in [1.82, 2.24) is 10.6 Å². The minimum absolute atomic E-state index is 0.144. The average molecular weight is 293 g/mol. The Balaban J connectivity index is 2.46. The van der Waals surface area contributed by atoms with Gasteiger partial charge in [0.25, 0.3) is 11.8 Å². The van der Waals surface area contributed by atoms with Gasteiger partial charge in [-0.1, -0.05) is 0 Å². The topological polar surface area (TPSA) is 128 Å². The molecule has 1 fully saturated rings. The van der Waals surface area contributed by atoms with Crippen LogP contribution in [0.15, 0.2) is 23.2 Å². The molecule has 0 unspecified atom stereocenters. The van der Waals surface area contributed by atoms with E-state index in [-0.39, 0.29) is 22.1 Å². The molecule has 20 heavy (non-hydrogen) atoms. The Morgan fingerprint density at radius 1 is 1.20 bits per heavy atom. The van der Waals surface area contributed by atoms with Crippen LogP contribution in [0.5, 0.6) is 5.75 Å². The van der Waals surface area contributed by atoms with Crippen LogP contribution < -0.4 is 10.6 Å². The number of phenols is 1. The lowest BCUT2D eigenvalue weighted by Gasteiger charge is -2.15. The summed E-state index contributed by atoms with van der Waals surface area (Å²) >= 11 is 4.61. The minimum Gasteiger partial charge on any atom is -0.506 e. The molecule has 1 aliphatic rings. The van der Waals surface area contributed by atoms with Crippen LogP contribution in [-0.2, 0) is 9.59 Å². The Bertz CT molecular complexity index is 661. The van der Waals surface area contributed by atoms with Gasteiger partial charge in [-0.05, 0) is 30.4 Å². The predicted octanol–water partition coefficient (Wildman–Crippen LogP) is -0.306. The number of carboxylic acid groups (broad SMARTS) is 1. The van der Waals surface area contributed by atoms with E-state index in [1.54, 1.807) is 0 Å². The molecule has 1 saturated heterocycles. The van der Waals surface area contributed by atoms with Crippen molar-refractivity contribution in [2.45, 2.75) is 0 Å². The van der Waals surface area contributed by atoms with Crippen molar-refractivity contribution in [2.75, 3.05) is 0 Å². The van der Waals surface area contributed by atoms with Crippen LogP contribution in [0, 0.1) is 0 Å². The molecule has 4 N–H and O–H groups in total. The number of aromatic carboxylic acids is 1. The molecule has 0 saturated carbocycles. The highest BCUT2D eigenvalue weighted by atomic mass is 32.1. The van der Waals surface area contributed by atoms with Gasteiger partial charge < -0.3 is 10.2 Å². The molecule has 0 atom stereocenters. The van der Waals surface area contributed by atoms with E-state index in [4.69, 9.17) is 5.11 Å². The molecule has 0 radical (unpaired) electrons. The number of aromatic hydroxyl groups is 1. The molecule has 8 nitrogen and oxygen atoms in total. The molecule has 0 aromatic heterocycles. The molecule has 0 aliphatic carbocycles. The lowest BCUT2D eigenvalue weighted by atomic mass is 10.2. The molecule has 2 amide bonds. The molecule has 0 bridgehead atoms. The quantitative estimate of drug-likeness (QED) is 0.554.